The first kappa shape index (κ1) is 23.4. The number of ether oxygens (including phenoxy) is 1. The van der Waals surface area contributed by atoms with Gasteiger partial charge in [0.2, 0.25) is 0 Å². The van der Waals surface area contributed by atoms with Gasteiger partial charge in [-0.3, -0.25) is 19.7 Å². The zero-order valence-corrected chi connectivity index (χ0v) is 17.1. The molecule has 0 unspecified atom stereocenters. The van der Waals surface area contributed by atoms with E-state index in [0.29, 0.717) is 0 Å². The third-order valence-corrected chi connectivity index (χ3v) is 4.16. The highest BCUT2D eigenvalue weighted by Gasteiger charge is 2.24. The number of esters is 1. The van der Waals surface area contributed by atoms with Crippen LogP contribution < -0.4 is 5.32 Å². The largest absolute Gasteiger partial charge is 0.454 e. The molecule has 0 aliphatic rings. The Balaban J connectivity index is 2.70. The Morgan fingerprint density at radius 1 is 1.18 bits per heavy atom. The molecule has 1 aromatic rings. The first-order chi connectivity index (χ1) is 13.0. The van der Waals surface area contributed by atoms with Crippen LogP contribution in [0.2, 0.25) is 5.02 Å². The second-order valence-electron chi connectivity index (χ2n) is 6.71. The van der Waals surface area contributed by atoms with Gasteiger partial charge in [-0.25, -0.2) is 4.79 Å². The minimum absolute atomic E-state index is 0.0300. The van der Waals surface area contributed by atoms with Crippen LogP contribution in [0.1, 0.15) is 45.0 Å². The van der Waals surface area contributed by atoms with E-state index < -0.39 is 35.1 Å². The maximum absolute atomic E-state index is 12.2. The predicted octanol–water partition coefficient (Wildman–Crippen LogP) is 2.56. The Morgan fingerprint density at radius 3 is 2.25 bits per heavy atom. The van der Waals surface area contributed by atoms with Crippen LogP contribution in [-0.4, -0.2) is 52.3 Å². The molecule has 154 valence electrons. The zero-order chi connectivity index (χ0) is 21.6. The van der Waals surface area contributed by atoms with E-state index in [9.17, 15) is 24.5 Å². The monoisotopic (exact) mass is 413 g/mol. The van der Waals surface area contributed by atoms with Crippen molar-refractivity contribution in [3.8, 4) is 0 Å². The van der Waals surface area contributed by atoms with Gasteiger partial charge in [-0.2, -0.15) is 0 Å². The molecule has 1 rings (SSSR count). The highest BCUT2D eigenvalue weighted by Crippen LogP contribution is 2.25. The second-order valence-corrected chi connectivity index (χ2v) is 7.12. The molecule has 1 N–H and O–H groups in total. The summed E-state index contributed by atoms with van der Waals surface area (Å²) in [7, 11) is 0. The number of nitro benzene ring substituents is 1. The number of amides is 2. The molecule has 9 nitrogen and oxygen atoms in total. The first-order valence-electron chi connectivity index (χ1n) is 8.68. The van der Waals surface area contributed by atoms with E-state index in [1.807, 2.05) is 27.7 Å². The average Bonchev–Trinajstić information content (AvgIpc) is 2.58. The lowest BCUT2D eigenvalue weighted by Crippen LogP contribution is -2.45. The lowest BCUT2D eigenvalue weighted by Gasteiger charge is -2.30. The van der Waals surface area contributed by atoms with Crippen molar-refractivity contribution in [3.63, 3.8) is 0 Å². The number of carbonyl (C=O) groups excluding carboxylic acids is 3. The van der Waals surface area contributed by atoms with Crippen LogP contribution >= 0.6 is 11.6 Å². The topological polar surface area (TPSA) is 119 Å². The molecule has 0 bridgehead atoms. The highest BCUT2D eigenvalue weighted by atomic mass is 35.5. The van der Waals surface area contributed by atoms with Crippen molar-refractivity contribution in [3.05, 3.63) is 38.9 Å². The van der Waals surface area contributed by atoms with Crippen molar-refractivity contribution < 1.29 is 24.0 Å². The Hall–Kier alpha value is -2.68. The lowest BCUT2D eigenvalue weighted by atomic mass is 10.1. The van der Waals surface area contributed by atoms with Crippen LogP contribution in [0.25, 0.3) is 0 Å². The van der Waals surface area contributed by atoms with Crippen molar-refractivity contribution in [1.82, 2.24) is 10.2 Å². The molecule has 0 saturated heterocycles. The minimum Gasteiger partial charge on any atom is -0.454 e. The summed E-state index contributed by atoms with van der Waals surface area (Å²) < 4.78 is 4.99. The zero-order valence-electron chi connectivity index (χ0n) is 16.4. The van der Waals surface area contributed by atoms with E-state index in [-0.39, 0.29) is 28.6 Å². The van der Waals surface area contributed by atoms with Gasteiger partial charge in [0, 0.05) is 23.7 Å². The Morgan fingerprint density at radius 2 is 1.75 bits per heavy atom. The number of nitrogens with one attached hydrogen (secondary N) is 1. The molecule has 0 radical (unpaired) electrons. The van der Waals surface area contributed by atoms with Gasteiger partial charge in [0.25, 0.3) is 17.5 Å². The highest BCUT2D eigenvalue weighted by molar-refractivity contribution is 6.32. The number of rotatable bonds is 8. The summed E-state index contributed by atoms with van der Waals surface area (Å²) in [6.07, 6.45) is 0. The molecule has 1 aromatic carbocycles. The summed E-state index contributed by atoms with van der Waals surface area (Å²) in [4.78, 5) is 48.3. The van der Waals surface area contributed by atoms with Crippen LogP contribution in [-0.2, 0) is 14.3 Å². The molecule has 0 fully saturated rings. The summed E-state index contributed by atoms with van der Waals surface area (Å²) >= 11 is 5.71. The lowest BCUT2D eigenvalue weighted by molar-refractivity contribution is -0.384. The fourth-order valence-electron chi connectivity index (χ4n) is 2.64. The molecule has 0 saturated carbocycles. The van der Waals surface area contributed by atoms with Gasteiger partial charge in [-0.1, -0.05) is 11.6 Å². The van der Waals surface area contributed by atoms with E-state index in [1.165, 1.54) is 19.1 Å². The molecule has 0 heterocycles. The smallest absolute Gasteiger partial charge is 0.328 e. The maximum atomic E-state index is 12.2. The third kappa shape index (κ3) is 6.19. The molecule has 0 aliphatic carbocycles. The van der Waals surface area contributed by atoms with Crippen molar-refractivity contribution in [1.29, 1.82) is 0 Å². The molecule has 10 heteroatoms. The molecular formula is C18H24ClN3O6. The SMILES string of the molecule is CC(C)N(C(=O)COC(=O)[C@H](C)NC(=O)c1ccc(Cl)c([N+](=O)[O-])c1)C(C)C. The molecule has 2 amide bonds. The minimum atomic E-state index is -1.05. The van der Waals surface area contributed by atoms with E-state index in [1.54, 1.807) is 4.90 Å². The van der Waals surface area contributed by atoms with Crippen LogP contribution in [0.4, 0.5) is 5.69 Å². The standard InChI is InChI=1S/C18H24ClN3O6/c1-10(2)21(11(3)4)16(23)9-28-18(25)12(5)20-17(24)13-6-7-14(19)15(8-13)22(26)27/h6-8,10-12H,9H2,1-5H3,(H,20,24)/t12-/m0/s1. The van der Waals surface area contributed by atoms with Crippen LogP contribution in [0.3, 0.4) is 0 Å². The summed E-state index contributed by atoms with van der Waals surface area (Å²) in [5.41, 5.74) is -0.449. The van der Waals surface area contributed by atoms with Crippen LogP contribution in [0.5, 0.6) is 0 Å². The van der Waals surface area contributed by atoms with Crippen molar-refractivity contribution >= 4 is 35.1 Å². The normalized spacial score (nSPS) is 11.9. The van der Waals surface area contributed by atoms with Crippen LogP contribution in [0.15, 0.2) is 18.2 Å². The maximum Gasteiger partial charge on any atom is 0.328 e. The van der Waals surface area contributed by atoms with Gasteiger partial charge in [0.15, 0.2) is 6.61 Å². The van der Waals surface area contributed by atoms with Gasteiger partial charge < -0.3 is 15.0 Å². The number of hydrogen-bond acceptors (Lipinski definition) is 6. The van der Waals surface area contributed by atoms with Gasteiger partial charge >= 0.3 is 5.97 Å². The van der Waals surface area contributed by atoms with Crippen molar-refractivity contribution in [2.45, 2.75) is 52.7 Å². The third-order valence-electron chi connectivity index (χ3n) is 3.84. The quantitative estimate of drug-likeness (QED) is 0.397. The number of nitrogens with zero attached hydrogens (tertiary/aromatic N) is 2. The predicted molar refractivity (Wildman–Crippen MR) is 103 cm³/mol. The summed E-state index contributed by atoms with van der Waals surface area (Å²) in [5.74, 6) is -1.84. The Kier molecular flexibility index (Phi) is 8.36. The second kappa shape index (κ2) is 10.0. The molecular weight excluding hydrogens is 390 g/mol. The molecule has 0 aliphatic heterocycles. The summed E-state index contributed by atoms with van der Waals surface area (Å²) in [5, 5.41) is 13.2. The number of hydrogen-bond donors (Lipinski definition) is 1. The Labute approximate surface area is 168 Å². The first-order valence-corrected chi connectivity index (χ1v) is 9.06. The molecule has 28 heavy (non-hydrogen) atoms. The molecule has 0 spiro atoms. The van der Waals surface area contributed by atoms with E-state index in [2.05, 4.69) is 5.32 Å². The van der Waals surface area contributed by atoms with Crippen molar-refractivity contribution in [2.75, 3.05) is 6.61 Å². The van der Waals surface area contributed by atoms with Gasteiger partial charge in [0.05, 0.1) is 4.92 Å². The van der Waals surface area contributed by atoms with Gasteiger partial charge in [-0.15, -0.1) is 0 Å². The fraction of sp³-hybridized carbons (Fsp3) is 0.500. The fourth-order valence-corrected chi connectivity index (χ4v) is 2.82. The average molecular weight is 414 g/mol. The number of carbonyl (C=O) groups is 3. The Bertz CT molecular complexity index is 758. The summed E-state index contributed by atoms with van der Waals surface area (Å²) in [6, 6.07) is 2.38. The van der Waals surface area contributed by atoms with Gasteiger partial charge in [0.1, 0.15) is 11.1 Å². The van der Waals surface area contributed by atoms with E-state index in [4.69, 9.17) is 16.3 Å². The van der Waals surface area contributed by atoms with Gasteiger partial charge in [-0.05, 0) is 46.8 Å². The number of benzene rings is 1. The number of nitro groups is 1. The van der Waals surface area contributed by atoms with Crippen LogP contribution in [0, 0.1) is 10.1 Å². The summed E-state index contributed by atoms with van der Waals surface area (Å²) in [6.45, 7) is 8.36. The van der Waals surface area contributed by atoms with E-state index in [0.717, 1.165) is 6.07 Å². The van der Waals surface area contributed by atoms with E-state index >= 15 is 0 Å². The molecule has 0 aromatic heterocycles. The van der Waals surface area contributed by atoms with Crippen molar-refractivity contribution in [2.24, 2.45) is 0 Å². The number of halogens is 1. The molecule has 1 atom stereocenters.